The van der Waals surface area contributed by atoms with E-state index in [1.54, 1.807) is 18.3 Å². The minimum Gasteiger partial charge on any atom is -0.357 e. The van der Waals surface area contributed by atoms with E-state index < -0.39 is 5.91 Å². The fraction of sp³-hybridized carbons (Fsp3) is 0.333. The Labute approximate surface area is 125 Å². The van der Waals surface area contributed by atoms with E-state index in [9.17, 15) is 9.59 Å². The summed E-state index contributed by atoms with van der Waals surface area (Å²) in [4.78, 5) is 26.2. The van der Waals surface area contributed by atoms with E-state index in [2.05, 4.69) is 20.5 Å². The number of nitrogens with zero attached hydrogens (tertiary/aromatic N) is 3. The smallest absolute Gasteiger partial charge is 0.274 e. The lowest BCUT2D eigenvalue weighted by atomic mass is 10.4. The molecule has 0 saturated carbocycles. The third kappa shape index (κ3) is 3.92. The second-order valence-electron chi connectivity index (χ2n) is 4.22. The van der Waals surface area contributed by atoms with E-state index in [4.69, 9.17) is 5.73 Å². The Balaban J connectivity index is 1.88. The summed E-state index contributed by atoms with van der Waals surface area (Å²) in [6.07, 6.45) is 1.62. The highest BCUT2D eigenvalue weighted by Gasteiger charge is 2.14. The lowest BCUT2D eigenvalue weighted by Gasteiger charge is -2.06. The molecular formula is C12H16N6O2S. The lowest BCUT2D eigenvalue weighted by Crippen LogP contribution is -2.32. The van der Waals surface area contributed by atoms with Gasteiger partial charge < -0.3 is 15.3 Å². The van der Waals surface area contributed by atoms with Gasteiger partial charge >= 0.3 is 0 Å². The van der Waals surface area contributed by atoms with Gasteiger partial charge in [-0.3, -0.25) is 14.9 Å². The first-order chi connectivity index (χ1) is 10.1. The van der Waals surface area contributed by atoms with Crippen molar-refractivity contribution in [2.75, 3.05) is 12.3 Å². The summed E-state index contributed by atoms with van der Waals surface area (Å²) >= 11 is 1.21. The van der Waals surface area contributed by atoms with Gasteiger partial charge in [-0.05, 0) is 19.1 Å². The van der Waals surface area contributed by atoms with Crippen molar-refractivity contribution in [1.29, 1.82) is 0 Å². The third-order valence-corrected chi connectivity index (χ3v) is 3.65. The Morgan fingerprint density at radius 1 is 1.48 bits per heavy atom. The summed E-state index contributed by atoms with van der Waals surface area (Å²) < 4.78 is 1.84. The summed E-state index contributed by atoms with van der Waals surface area (Å²) in [6, 6.07) is 3.28. The van der Waals surface area contributed by atoms with Crippen LogP contribution < -0.4 is 11.1 Å². The van der Waals surface area contributed by atoms with Gasteiger partial charge in [-0.2, -0.15) is 0 Å². The molecule has 9 heteroatoms. The van der Waals surface area contributed by atoms with E-state index in [1.807, 2.05) is 11.5 Å². The highest BCUT2D eigenvalue weighted by atomic mass is 32.2. The van der Waals surface area contributed by atoms with E-state index in [1.165, 1.54) is 11.8 Å². The van der Waals surface area contributed by atoms with Crippen LogP contribution in [0, 0.1) is 6.92 Å². The van der Waals surface area contributed by atoms with Gasteiger partial charge in [-0.25, -0.2) is 0 Å². The lowest BCUT2D eigenvalue weighted by molar-refractivity contribution is -0.117. The van der Waals surface area contributed by atoms with Crippen LogP contribution in [0.15, 0.2) is 23.5 Å². The minimum atomic E-state index is -0.454. The number of aromatic nitrogens is 4. The first-order valence-corrected chi connectivity index (χ1v) is 7.30. The van der Waals surface area contributed by atoms with Gasteiger partial charge in [0.05, 0.1) is 5.75 Å². The molecule has 0 atom stereocenters. The van der Waals surface area contributed by atoms with E-state index >= 15 is 0 Å². The number of hydrogen-bond acceptors (Lipinski definition) is 6. The van der Waals surface area contributed by atoms with Crippen molar-refractivity contribution >= 4 is 23.6 Å². The zero-order valence-electron chi connectivity index (χ0n) is 11.5. The normalized spacial score (nSPS) is 10.6. The highest BCUT2D eigenvalue weighted by Crippen LogP contribution is 2.16. The molecule has 112 valence electrons. The Morgan fingerprint density at radius 3 is 2.95 bits per heavy atom. The molecule has 8 nitrogen and oxygen atoms in total. The summed E-state index contributed by atoms with van der Waals surface area (Å²) in [6.45, 7) is 2.87. The van der Waals surface area contributed by atoms with Crippen LogP contribution in [0.3, 0.4) is 0 Å². The molecule has 4 N–H and O–H groups in total. The van der Waals surface area contributed by atoms with Crippen LogP contribution in [0.5, 0.6) is 0 Å². The maximum absolute atomic E-state index is 11.7. The molecule has 0 radical (unpaired) electrons. The Bertz CT molecular complexity index is 622. The summed E-state index contributed by atoms with van der Waals surface area (Å²) in [5.74, 6) is -0.0228. The van der Waals surface area contributed by atoms with Crippen LogP contribution in [0.1, 0.15) is 16.3 Å². The van der Waals surface area contributed by atoms with Gasteiger partial charge in [0.25, 0.3) is 5.91 Å². The molecule has 0 bridgehead atoms. The summed E-state index contributed by atoms with van der Waals surface area (Å²) in [5.41, 5.74) is 5.86. The second kappa shape index (κ2) is 7.04. The molecule has 0 aliphatic carbocycles. The predicted molar refractivity (Wildman–Crippen MR) is 77.8 cm³/mol. The molecule has 0 aliphatic heterocycles. The van der Waals surface area contributed by atoms with Crippen LogP contribution in [0.4, 0.5) is 0 Å². The molecule has 2 heterocycles. The number of nitrogens with one attached hydrogen (secondary N) is 2. The molecule has 2 aromatic rings. The Kier molecular flexibility index (Phi) is 5.12. The molecule has 0 unspecified atom stereocenters. The number of carbonyl (C=O) groups is 2. The molecule has 0 saturated heterocycles. The molecule has 2 rings (SSSR count). The van der Waals surface area contributed by atoms with Crippen molar-refractivity contribution in [1.82, 2.24) is 25.1 Å². The highest BCUT2D eigenvalue weighted by molar-refractivity contribution is 7.99. The van der Waals surface area contributed by atoms with Crippen LogP contribution >= 0.6 is 11.8 Å². The Hall–Kier alpha value is -2.13. The maximum Gasteiger partial charge on any atom is 0.274 e. The molecule has 0 spiro atoms. The molecular weight excluding hydrogens is 292 g/mol. The van der Waals surface area contributed by atoms with Crippen molar-refractivity contribution in [2.24, 2.45) is 5.73 Å². The van der Waals surface area contributed by atoms with Crippen molar-refractivity contribution in [3.8, 4) is 0 Å². The topological polar surface area (TPSA) is 119 Å². The van der Waals surface area contributed by atoms with Gasteiger partial charge in [0.1, 0.15) is 11.5 Å². The fourth-order valence-corrected chi connectivity index (χ4v) is 2.50. The molecule has 0 aromatic carbocycles. The van der Waals surface area contributed by atoms with Crippen LogP contribution in [-0.2, 0) is 11.3 Å². The van der Waals surface area contributed by atoms with Crippen molar-refractivity contribution in [2.45, 2.75) is 18.6 Å². The average molecular weight is 308 g/mol. The van der Waals surface area contributed by atoms with Gasteiger partial charge in [0.15, 0.2) is 5.16 Å². The number of amides is 2. The zero-order chi connectivity index (χ0) is 15.2. The quantitative estimate of drug-likeness (QED) is 0.642. The number of aryl methyl sites for hydroxylation is 1. The average Bonchev–Trinajstić information content (AvgIpc) is 3.09. The number of imide groups is 1. The fourth-order valence-electron chi connectivity index (χ4n) is 1.69. The second-order valence-corrected chi connectivity index (χ2v) is 5.16. The number of carbonyl (C=O) groups excluding carboxylic acids is 2. The van der Waals surface area contributed by atoms with Crippen LogP contribution in [0.2, 0.25) is 0 Å². The molecule has 21 heavy (non-hydrogen) atoms. The van der Waals surface area contributed by atoms with Gasteiger partial charge in [0.2, 0.25) is 5.91 Å². The van der Waals surface area contributed by atoms with Crippen molar-refractivity contribution in [3.05, 3.63) is 29.8 Å². The predicted octanol–water partition coefficient (Wildman–Crippen LogP) is -0.0780. The van der Waals surface area contributed by atoms with Gasteiger partial charge in [-0.15, -0.1) is 10.2 Å². The number of hydrogen-bond donors (Lipinski definition) is 3. The number of aromatic amines is 1. The SMILES string of the molecule is Cc1nnc(SCC(=O)NC(=O)c2ccc[nH]2)n1CCN. The van der Waals surface area contributed by atoms with E-state index in [0.29, 0.717) is 23.9 Å². The van der Waals surface area contributed by atoms with Crippen molar-refractivity contribution in [3.63, 3.8) is 0 Å². The van der Waals surface area contributed by atoms with Gasteiger partial charge in [-0.1, -0.05) is 11.8 Å². The molecule has 0 fully saturated rings. The van der Waals surface area contributed by atoms with Crippen LogP contribution in [0.25, 0.3) is 0 Å². The van der Waals surface area contributed by atoms with Gasteiger partial charge in [0, 0.05) is 19.3 Å². The third-order valence-electron chi connectivity index (χ3n) is 2.68. The Morgan fingerprint density at radius 2 is 2.29 bits per heavy atom. The van der Waals surface area contributed by atoms with Crippen LogP contribution in [-0.4, -0.2) is 43.9 Å². The first-order valence-electron chi connectivity index (χ1n) is 6.32. The molecule has 2 aromatic heterocycles. The zero-order valence-corrected chi connectivity index (χ0v) is 12.3. The number of H-pyrrole nitrogens is 1. The maximum atomic E-state index is 11.7. The molecule has 2 amide bonds. The monoisotopic (exact) mass is 308 g/mol. The van der Waals surface area contributed by atoms with E-state index in [-0.39, 0.29) is 11.7 Å². The number of thioether (sulfide) groups is 1. The summed E-state index contributed by atoms with van der Waals surface area (Å²) in [7, 11) is 0. The number of rotatable bonds is 6. The first kappa shape index (κ1) is 15.3. The largest absolute Gasteiger partial charge is 0.357 e. The summed E-state index contributed by atoms with van der Waals surface area (Å²) in [5, 5.41) is 10.8. The minimum absolute atomic E-state index is 0.0785. The number of nitrogens with two attached hydrogens (primary N) is 1. The standard InChI is InChI=1S/C12H16N6O2S/c1-8-16-17-12(18(8)6-4-13)21-7-10(19)15-11(20)9-3-2-5-14-9/h2-3,5,14H,4,6-7,13H2,1H3,(H,15,19,20). The van der Waals surface area contributed by atoms with E-state index in [0.717, 1.165) is 5.82 Å². The molecule has 0 aliphatic rings. The van der Waals surface area contributed by atoms with Crippen molar-refractivity contribution < 1.29 is 9.59 Å².